The van der Waals surface area contributed by atoms with Crippen LogP contribution in [-0.2, 0) is 4.74 Å². The molecule has 7 nitrogen and oxygen atoms in total. The van der Waals surface area contributed by atoms with E-state index in [0.29, 0.717) is 12.0 Å². The lowest BCUT2D eigenvalue weighted by molar-refractivity contribution is 0.0662. The molecule has 4 rings (SSSR count). The minimum atomic E-state index is 0.413. The van der Waals surface area contributed by atoms with Gasteiger partial charge in [0, 0.05) is 19.4 Å². The third kappa shape index (κ3) is 2.27. The van der Waals surface area contributed by atoms with E-state index in [1.54, 1.807) is 0 Å². The molecule has 1 N–H and O–H groups in total. The first kappa shape index (κ1) is 13.4. The van der Waals surface area contributed by atoms with E-state index in [4.69, 9.17) is 4.74 Å². The number of fused-ring (bicyclic) bond motifs is 1. The second-order valence-electron chi connectivity index (χ2n) is 5.71. The zero-order valence-corrected chi connectivity index (χ0v) is 12.7. The molecule has 0 spiro atoms. The van der Waals surface area contributed by atoms with Crippen LogP contribution < -0.4 is 5.32 Å². The number of hydrogen-bond acceptors (Lipinski definition) is 6. The maximum Gasteiger partial charge on any atom is 0.229 e. The Balaban J connectivity index is 1.52. The van der Waals surface area contributed by atoms with Crippen molar-refractivity contribution in [2.45, 2.75) is 32.7 Å². The van der Waals surface area contributed by atoms with E-state index in [0.717, 1.165) is 54.5 Å². The fourth-order valence-corrected chi connectivity index (χ4v) is 2.96. The lowest BCUT2D eigenvalue weighted by Gasteiger charge is -2.22. The standard InChI is InChI=1S/C15H18N6O/c1-9-13-10(2)18-15(20-14(13)17-9)19-11-7-16-21(8-11)12-3-5-22-6-4-12/h7-8,12H,3-6H2,1-2H3,(H,17,18,19,20). The highest BCUT2D eigenvalue weighted by molar-refractivity contribution is 6.10. The minimum absolute atomic E-state index is 0.413. The molecule has 4 heterocycles. The summed E-state index contributed by atoms with van der Waals surface area (Å²) in [5.74, 6) is 1.34. The van der Waals surface area contributed by atoms with E-state index >= 15 is 0 Å². The molecule has 0 amide bonds. The van der Waals surface area contributed by atoms with Crippen molar-refractivity contribution in [3.8, 4) is 0 Å². The summed E-state index contributed by atoms with van der Waals surface area (Å²) in [6.07, 6.45) is 5.82. The van der Waals surface area contributed by atoms with Crippen molar-refractivity contribution < 1.29 is 4.74 Å². The van der Waals surface area contributed by atoms with Gasteiger partial charge in [0.2, 0.25) is 5.95 Å². The van der Waals surface area contributed by atoms with E-state index in [9.17, 15) is 0 Å². The number of hydrogen-bond donors (Lipinski definition) is 1. The fraction of sp³-hybridized carbons (Fsp3) is 0.467. The smallest absolute Gasteiger partial charge is 0.229 e. The van der Waals surface area contributed by atoms with Gasteiger partial charge in [0.05, 0.1) is 34.9 Å². The first-order valence-electron chi connectivity index (χ1n) is 7.54. The quantitative estimate of drug-likeness (QED) is 0.942. The molecular formula is C15H18N6O. The molecule has 22 heavy (non-hydrogen) atoms. The van der Waals surface area contributed by atoms with Gasteiger partial charge in [0.1, 0.15) is 0 Å². The van der Waals surface area contributed by atoms with E-state index in [1.807, 2.05) is 30.9 Å². The SMILES string of the molecule is CC1=Nc2nc(Nc3cnn(C4CCOCC4)c3)nc(C)c21. The largest absolute Gasteiger partial charge is 0.381 e. The molecule has 2 aliphatic rings. The van der Waals surface area contributed by atoms with Gasteiger partial charge in [0.15, 0.2) is 5.82 Å². The lowest BCUT2D eigenvalue weighted by Crippen LogP contribution is -2.19. The van der Waals surface area contributed by atoms with Gasteiger partial charge in [-0.2, -0.15) is 10.1 Å². The van der Waals surface area contributed by atoms with E-state index in [2.05, 4.69) is 25.4 Å². The molecule has 2 aromatic rings. The third-order valence-electron chi connectivity index (χ3n) is 4.13. The van der Waals surface area contributed by atoms with Gasteiger partial charge >= 0.3 is 0 Å². The Kier molecular flexibility index (Phi) is 3.15. The second-order valence-corrected chi connectivity index (χ2v) is 5.71. The van der Waals surface area contributed by atoms with Crippen molar-refractivity contribution >= 4 is 23.2 Å². The topological polar surface area (TPSA) is 77.2 Å². The molecule has 7 heteroatoms. The fourth-order valence-electron chi connectivity index (χ4n) is 2.96. The van der Waals surface area contributed by atoms with Crippen LogP contribution in [-0.4, -0.2) is 38.7 Å². The summed E-state index contributed by atoms with van der Waals surface area (Å²) in [5, 5.41) is 7.65. The maximum absolute atomic E-state index is 5.39. The van der Waals surface area contributed by atoms with Crippen LogP contribution in [0.2, 0.25) is 0 Å². The molecule has 2 aliphatic heterocycles. The molecule has 0 radical (unpaired) electrons. The molecule has 0 saturated carbocycles. The van der Waals surface area contributed by atoms with E-state index in [-0.39, 0.29) is 0 Å². The zero-order valence-electron chi connectivity index (χ0n) is 12.7. The Bertz CT molecular complexity index is 744. The van der Waals surface area contributed by atoms with Gasteiger partial charge in [-0.25, -0.2) is 9.98 Å². The molecule has 114 valence electrons. The monoisotopic (exact) mass is 298 g/mol. The van der Waals surface area contributed by atoms with Gasteiger partial charge in [-0.1, -0.05) is 0 Å². The number of aliphatic imine (C=N–C) groups is 1. The van der Waals surface area contributed by atoms with Gasteiger partial charge in [-0.15, -0.1) is 0 Å². The molecular weight excluding hydrogens is 280 g/mol. The number of nitrogens with one attached hydrogen (secondary N) is 1. The average Bonchev–Trinajstić information content (AvgIpc) is 2.95. The predicted molar refractivity (Wildman–Crippen MR) is 83.2 cm³/mol. The highest BCUT2D eigenvalue weighted by Gasteiger charge is 2.21. The van der Waals surface area contributed by atoms with Gasteiger partial charge in [0.25, 0.3) is 0 Å². The number of nitrogens with zero attached hydrogens (tertiary/aromatic N) is 5. The van der Waals surface area contributed by atoms with Crippen molar-refractivity contribution in [2.75, 3.05) is 18.5 Å². The highest BCUT2D eigenvalue weighted by atomic mass is 16.5. The summed E-state index contributed by atoms with van der Waals surface area (Å²) in [6, 6.07) is 0.413. The Labute approximate surface area is 128 Å². The third-order valence-corrected chi connectivity index (χ3v) is 4.13. The molecule has 0 bridgehead atoms. The Hall–Kier alpha value is -2.28. The van der Waals surface area contributed by atoms with E-state index in [1.165, 1.54) is 0 Å². The van der Waals surface area contributed by atoms with Crippen LogP contribution in [0.1, 0.15) is 37.1 Å². The lowest BCUT2D eigenvalue weighted by atomic mass is 10.1. The number of aromatic nitrogens is 4. The summed E-state index contributed by atoms with van der Waals surface area (Å²) in [7, 11) is 0. The number of anilines is 2. The zero-order chi connectivity index (χ0) is 15.1. The van der Waals surface area contributed by atoms with Crippen molar-refractivity contribution in [3.05, 3.63) is 23.7 Å². The van der Waals surface area contributed by atoms with Crippen molar-refractivity contribution in [1.29, 1.82) is 0 Å². The molecule has 1 saturated heterocycles. The minimum Gasteiger partial charge on any atom is -0.381 e. The predicted octanol–water partition coefficient (Wildman–Crippen LogP) is 2.53. The first-order valence-corrected chi connectivity index (χ1v) is 7.54. The molecule has 1 fully saturated rings. The summed E-state index contributed by atoms with van der Waals surface area (Å²) < 4.78 is 7.39. The number of ether oxygens (including phenoxy) is 1. The van der Waals surface area contributed by atoms with Crippen LogP contribution in [0.3, 0.4) is 0 Å². The van der Waals surface area contributed by atoms with Crippen LogP contribution in [0.15, 0.2) is 17.4 Å². The summed E-state index contributed by atoms with van der Waals surface area (Å²) in [6.45, 7) is 5.56. The molecule has 0 aliphatic carbocycles. The van der Waals surface area contributed by atoms with Crippen LogP contribution in [0.5, 0.6) is 0 Å². The summed E-state index contributed by atoms with van der Waals surface area (Å²) in [4.78, 5) is 13.2. The molecule has 0 unspecified atom stereocenters. The Morgan fingerprint density at radius 1 is 1.23 bits per heavy atom. The highest BCUT2D eigenvalue weighted by Crippen LogP contribution is 2.31. The van der Waals surface area contributed by atoms with Crippen LogP contribution in [0, 0.1) is 6.92 Å². The Morgan fingerprint density at radius 3 is 2.77 bits per heavy atom. The number of rotatable bonds is 3. The van der Waals surface area contributed by atoms with Crippen LogP contribution >= 0.6 is 0 Å². The first-order chi connectivity index (χ1) is 10.7. The second kappa shape index (κ2) is 5.17. The molecule has 0 aromatic carbocycles. The van der Waals surface area contributed by atoms with Crippen molar-refractivity contribution in [3.63, 3.8) is 0 Å². The average molecular weight is 298 g/mol. The van der Waals surface area contributed by atoms with Crippen LogP contribution in [0.4, 0.5) is 17.5 Å². The number of aryl methyl sites for hydroxylation is 1. The Morgan fingerprint density at radius 2 is 2.05 bits per heavy atom. The van der Waals surface area contributed by atoms with E-state index < -0.39 is 0 Å². The maximum atomic E-state index is 5.39. The molecule has 0 atom stereocenters. The van der Waals surface area contributed by atoms with Crippen LogP contribution in [0.25, 0.3) is 0 Å². The van der Waals surface area contributed by atoms with Crippen molar-refractivity contribution in [2.24, 2.45) is 4.99 Å². The van der Waals surface area contributed by atoms with Gasteiger partial charge in [-0.05, 0) is 26.7 Å². The van der Waals surface area contributed by atoms with Gasteiger partial charge in [-0.3, -0.25) is 4.68 Å². The van der Waals surface area contributed by atoms with Crippen molar-refractivity contribution in [1.82, 2.24) is 19.7 Å². The normalized spacial score (nSPS) is 17.6. The summed E-state index contributed by atoms with van der Waals surface area (Å²) >= 11 is 0. The van der Waals surface area contributed by atoms with Gasteiger partial charge < -0.3 is 10.1 Å². The molecule has 2 aromatic heterocycles. The summed E-state index contributed by atoms with van der Waals surface area (Å²) in [5.41, 5.74) is 3.93.